The molecule has 0 fully saturated rings. The fraction of sp³-hybridized carbons (Fsp3) is 0.133. The number of aliphatic hydroxyl groups excluding tert-OH is 1. The van der Waals surface area contributed by atoms with Gasteiger partial charge in [0.1, 0.15) is 11.6 Å². The number of aliphatic hydroxyl groups is 1. The molecule has 0 bridgehead atoms. The number of amides is 2. The van der Waals surface area contributed by atoms with E-state index in [1.165, 1.54) is 6.07 Å². The van der Waals surface area contributed by atoms with E-state index >= 15 is 0 Å². The molecule has 0 saturated carbocycles. The minimum absolute atomic E-state index is 0.0132. The van der Waals surface area contributed by atoms with Crippen LogP contribution in [0.3, 0.4) is 0 Å². The Morgan fingerprint density at radius 1 is 1.09 bits per heavy atom. The van der Waals surface area contributed by atoms with Gasteiger partial charge in [-0.05, 0) is 36.2 Å². The van der Waals surface area contributed by atoms with Crippen LogP contribution in [0.5, 0.6) is 0 Å². The van der Waals surface area contributed by atoms with Gasteiger partial charge in [-0.1, -0.05) is 17.7 Å². The summed E-state index contributed by atoms with van der Waals surface area (Å²) in [5.74, 6) is -1.59. The van der Waals surface area contributed by atoms with Gasteiger partial charge in [0.05, 0.1) is 0 Å². The van der Waals surface area contributed by atoms with Crippen molar-refractivity contribution in [3.8, 4) is 0 Å². The summed E-state index contributed by atoms with van der Waals surface area (Å²) in [5.41, 5.74) is 1.09. The molecule has 0 aliphatic carbocycles. The van der Waals surface area contributed by atoms with Crippen molar-refractivity contribution in [1.82, 2.24) is 0 Å². The van der Waals surface area contributed by atoms with E-state index in [0.717, 1.165) is 12.1 Å². The van der Waals surface area contributed by atoms with E-state index in [2.05, 4.69) is 10.6 Å². The Morgan fingerprint density at radius 3 is 2.41 bits per heavy atom. The molecular weight excluding hydrogens is 314 g/mol. The number of urea groups is 1. The van der Waals surface area contributed by atoms with Gasteiger partial charge in [0, 0.05) is 29.1 Å². The molecule has 2 aromatic rings. The summed E-state index contributed by atoms with van der Waals surface area (Å²) in [6, 6.07) is 6.86. The second-order valence-electron chi connectivity index (χ2n) is 4.51. The molecule has 7 heteroatoms. The van der Waals surface area contributed by atoms with Gasteiger partial charge in [0.25, 0.3) is 0 Å². The lowest BCUT2D eigenvalue weighted by atomic mass is 10.1. The first kappa shape index (κ1) is 16.2. The summed E-state index contributed by atoms with van der Waals surface area (Å²) < 4.78 is 26.1. The summed E-state index contributed by atoms with van der Waals surface area (Å²) in [6.07, 6.45) is 0.335. The van der Waals surface area contributed by atoms with Crippen molar-refractivity contribution in [1.29, 1.82) is 0 Å². The molecule has 3 N–H and O–H groups in total. The number of carbonyl (C=O) groups is 1. The van der Waals surface area contributed by atoms with Crippen LogP contribution in [0, 0.1) is 11.6 Å². The predicted molar refractivity (Wildman–Crippen MR) is 81.2 cm³/mol. The van der Waals surface area contributed by atoms with Crippen LogP contribution in [0.2, 0.25) is 5.02 Å². The summed E-state index contributed by atoms with van der Waals surface area (Å²) in [6.45, 7) is -0.0902. The fourth-order valence-corrected chi connectivity index (χ4v) is 2.09. The van der Waals surface area contributed by atoms with Crippen molar-refractivity contribution in [2.75, 3.05) is 17.2 Å². The molecule has 116 valence electrons. The molecule has 0 spiro atoms. The zero-order valence-electron chi connectivity index (χ0n) is 11.4. The zero-order chi connectivity index (χ0) is 16.1. The first-order chi connectivity index (χ1) is 10.5. The Balaban J connectivity index is 2.13. The maximum absolute atomic E-state index is 13.1. The summed E-state index contributed by atoms with van der Waals surface area (Å²) in [7, 11) is 0. The zero-order valence-corrected chi connectivity index (χ0v) is 12.1. The highest BCUT2D eigenvalue weighted by molar-refractivity contribution is 6.31. The number of halogens is 3. The second kappa shape index (κ2) is 7.20. The van der Waals surface area contributed by atoms with Crippen molar-refractivity contribution >= 4 is 29.0 Å². The lowest BCUT2D eigenvalue weighted by Gasteiger charge is -2.12. The molecule has 0 heterocycles. The Kier molecular flexibility index (Phi) is 5.30. The van der Waals surface area contributed by atoms with Crippen LogP contribution in [-0.2, 0) is 6.42 Å². The van der Waals surface area contributed by atoms with Crippen LogP contribution in [0.1, 0.15) is 5.56 Å². The third-order valence-corrected chi connectivity index (χ3v) is 3.06. The average Bonchev–Trinajstić information content (AvgIpc) is 2.40. The van der Waals surface area contributed by atoms with Gasteiger partial charge in [0.2, 0.25) is 0 Å². The molecule has 0 aromatic heterocycles. The highest BCUT2D eigenvalue weighted by atomic mass is 35.5. The summed E-state index contributed by atoms with van der Waals surface area (Å²) in [5, 5.41) is 14.3. The van der Waals surface area contributed by atoms with Crippen LogP contribution >= 0.6 is 11.6 Å². The fourth-order valence-electron chi connectivity index (χ4n) is 1.91. The van der Waals surface area contributed by atoms with Gasteiger partial charge in [-0.25, -0.2) is 13.6 Å². The molecule has 0 aliphatic rings. The smallest absolute Gasteiger partial charge is 0.323 e. The molecule has 4 nitrogen and oxygen atoms in total. The highest BCUT2D eigenvalue weighted by Crippen LogP contribution is 2.22. The average molecular weight is 327 g/mol. The molecule has 2 amide bonds. The number of rotatable bonds is 4. The topological polar surface area (TPSA) is 61.4 Å². The Morgan fingerprint density at radius 2 is 1.77 bits per heavy atom. The standard InChI is InChI=1S/C15H13ClF2N2O2/c16-10-2-1-9(3-4-21)14(5-10)20-15(22)19-13-7-11(17)6-12(18)8-13/h1-2,5-8,21H,3-4H2,(H2,19,20,22). The lowest BCUT2D eigenvalue weighted by Crippen LogP contribution is -2.20. The number of anilines is 2. The van der Waals surface area contributed by atoms with Gasteiger partial charge in [0.15, 0.2) is 0 Å². The maximum Gasteiger partial charge on any atom is 0.323 e. The third-order valence-electron chi connectivity index (χ3n) is 2.82. The van der Waals surface area contributed by atoms with Crippen LogP contribution in [0.4, 0.5) is 25.0 Å². The number of hydrogen-bond acceptors (Lipinski definition) is 2. The monoisotopic (exact) mass is 326 g/mol. The maximum atomic E-state index is 13.1. The van der Waals surface area contributed by atoms with Gasteiger partial charge >= 0.3 is 6.03 Å². The van der Waals surface area contributed by atoms with Crippen molar-refractivity contribution in [2.45, 2.75) is 6.42 Å². The van der Waals surface area contributed by atoms with E-state index in [0.29, 0.717) is 28.8 Å². The van der Waals surface area contributed by atoms with Crippen molar-refractivity contribution in [3.05, 3.63) is 58.6 Å². The summed E-state index contributed by atoms with van der Waals surface area (Å²) >= 11 is 5.87. The van der Waals surface area contributed by atoms with Crippen molar-refractivity contribution in [3.63, 3.8) is 0 Å². The summed E-state index contributed by atoms with van der Waals surface area (Å²) in [4.78, 5) is 11.9. The van der Waals surface area contributed by atoms with Gasteiger partial charge < -0.3 is 15.7 Å². The minimum atomic E-state index is -0.793. The SMILES string of the molecule is O=C(Nc1cc(F)cc(F)c1)Nc1cc(Cl)ccc1CCO. The quantitative estimate of drug-likeness (QED) is 0.800. The van der Waals surface area contributed by atoms with E-state index in [1.807, 2.05) is 0 Å². The molecule has 0 atom stereocenters. The number of benzene rings is 2. The van der Waals surface area contributed by atoms with Crippen LogP contribution in [0.15, 0.2) is 36.4 Å². The lowest BCUT2D eigenvalue weighted by molar-refractivity contribution is 0.262. The molecule has 0 aliphatic heterocycles. The number of nitrogens with one attached hydrogen (secondary N) is 2. The Labute approximate surface area is 130 Å². The first-order valence-electron chi connectivity index (χ1n) is 6.41. The molecule has 2 aromatic carbocycles. The first-order valence-corrected chi connectivity index (χ1v) is 6.79. The van der Waals surface area contributed by atoms with E-state index in [4.69, 9.17) is 16.7 Å². The highest BCUT2D eigenvalue weighted by Gasteiger charge is 2.09. The number of carbonyl (C=O) groups excluding carboxylic acids is 1. The molecule has 2 rings (SSSR count). The van der Waals surface area contributed by atoms with E-state index in [1.54, 1.807) is 12.1 Å². The van der Waals surface area contributed by atoms with E-state index in [-0.39, 0.29) is 12.3 Å². The van der Waals surface area contributed by atoms with Gasteiger partial charge in [-0.3, -0.25) is 0 Å². The molecule has 0 unspecified atom stereocenters. The minimum Gasteiger partial charge on any atom is -0.396 e. The molecule has 0 radical (unpaired) electrons. The molecular formula is C15H13ClF2N2O2. The second-order valence-corrected chi connectivity index (χ2v) is 4.95. The van der Waals surface area contributed by atoms with Gasteiger partial charge in [-0.2, -0.15) is 0 Å². The Bertz CT molecular complexity index is 675. The number of hydrogen-bond donors (Lipinski definition) is 3. The Hall–Kier alpha value is -2.18. The van der Waals surface area contributed by atoms with Crippen molar-refractivity contribution in [2.24, 2.45) is 0 Å². The van der Waals surface area contributed by atoms with E-state index < -0.39 is 17.7 Å². The largest absolute Gasteiger partial charge is 0.396 e. The van der Waals surface area contributed by atoms with E-state index in [9.17, 15) is 13.6 Å². The predicted octanol–water partition coefficient (Wildman–Crippen LogP) is 3.80. The van der Waals surface area contributed by atoms with Crippen LogP contribution < -0.4 is 10.6 Å². The van der Waals surface area contributed by atoms with Crippen molar-refractivity contribution < 1.29 is 18.7 Å². The van der Waals surface area contributed by atoms with Crippen LogP contribution in [-0.4, -0.2) is 17.7 Å². The normalized spacial score (nSPS) is 10.4. The third kappa shape index (κ3) is 4.41. The van der Waals surface area contributed by atoms with Crippen LogP contribution in [0.25, 0.3) is 0 Å². The van der Waals surface area contributed by atoms with Gasteiger partial charge in [-0.15, -0.1) is 0 Å². The molecule has 0 saturated heterocycles. The molecule has 22 heavy (non-hydrogen) atoms.